The number of aliphatic hydroxyl groups is 8. The van der Waals surface area contributed by atoms with E-state index in [9.17, 15) is 45.6 Å². The predicted octanol–water partition coefficient (Wildman–Crippen LogP) is 0.570. The molecule has 0 aromatic rings. The van der Waals surface area contributed by atoms with Crippen molar-refractivity contribution in [3.63, 3.8) is 0 Å². The van der Waals surface area contributed by atoms with Crippen molar-refractivity contribution < 1.29 is 69.3 Å². The first-order chi connectivity index (χ1) is 22.6. The second-order valence-corrected chi connectivity index (χ2v) is 12.5. The molecule has 0 spiro atoms. The van der Waals surface area contributed by atoms with Crippen molar-refractivity contribution in [2.75, 3.05) is 33.0 Å². The molecule has 8 N–H and O–H groups in total. The van der Waals surface area contributed by atoms with Gasteiger partial charge >= 0.3 is 5.97 Å². The summed E-state index contributed by atoms with van der Waals surface area (Å²) < 4.78 is 28.1. The van der Waals surface area contributed by atoms with E-state index in [0.29, 0.717) is 6.42 Å². The highest BCUT2D eigenvalue weighted by Gasteiger charge is 2.60. The average Bonchev–Trinajstić information content (AvgIpc) is 3.34. The molecular weight excluding hydrogens is 620 g/mol. The molecule has 2 aliphatic rings. The quantitative estimate of drug-likeness (QED) is 0.0375. The molecule has 0 saturated carbocycles. The Hall–Kier alpha value is -1.27. The van der Waals surface area contributed by atoms with Gasteiger partial charge in [0.05, 0.1) is 26.4 Å². The fourth-order valence-electron chi connectivity index (χ4n) is 5.69. The molecule has 2 heterocycles. The second-order valence-electron chi connectivity index (χ2n) is 12.5. The number of allylic oxidation sites excluding steroid dienone is 2. The fourth-order valence-corrected chi connectivity index (χ4v) is 5.69. The topological polar surface area (TPSA) is 225 Å². The van der Waals surface area contributed by atoms with E-state index in [1.54, 1.807) is 0 Å². The summed E-state index contributed by atoms with van der Waals surface area (Å²) in [5, 5.41) is 80.3. The Balaban J connectivity index is 1.89. The fraction of sp³-hybridized carbons (Fsp3) is 0.909. The second kappa shape index (κ2) is 23.2. The van der Waals surface area contributed by atoms with Crippen LogP contribution in [-0.2, 0) is 28.5 Å². The van der Waals surface area contributed by atoms with Crippen LogP contribution in [0.25, 0.3) is 0 Å². The van der Waals surface area contributed by atoms with Crippen molar-refractivity contribution in [1.29, 1.82) is 0 Å². The third kappa shape index (κ3) is 13.9. The van der Waals surface area contributed by atoms with E-state index in [1.807, 2.05) is 0 Å². The van der Waals surface area contributed by atoms with E-state index in [-0.39, 0.29) is 6.42 Å². The lowest BCUT2D eigenvalue weighted by Crippen LogP contribution is -2.63. The van der Waals surface area contributed by atoms with Gasteiger partial charge in [-0.25, -0.2) is 0 Å². The number of aliphatic hydroxyl groups excluding tert-OH is 8. The molecule has 1 unspecified atom stereocenters. The molecule has 47 heavy (non-hydrogen) atoms. The monoisotopic (exact) mass is 680 g/mol. The highest BCUT2D eigenvalue weighted by molar-refractivity contribution is 5.69. The maximum absolute atomic E-state index is 12.7. The first-order valence-electron chi connectivity index (χ1n) is 17.3. The van der Waals surface area contributed by atoms with Crippen molar-refractivity contribution >= 4 is 5.97 Å². The summed E-state index contributed by atoms with van der Waals surface area (Å²) in [6, 6.07) is 0. The van der Waals surface area contributed by atoms with Crippen molar-refractivity contribution in [3.05, 3.63) is 12.2 Å². The van der Waals surface area contributed by atoms with Crippen LogP contribution in [0.1, 0.15) is 96.8 Å². The molecule has 0 radical (unpaired) electrons. The number of unbranched alkanes of at least 4 members (excludes halogenated alkanes) is 11. The number of carbonyl (C=O) groups excluding carboxylic acids is 1. The van der Waals surface area contributed by atoms with Gasteiger partial charge in [-0.3, -0.25) is 4.79 Å². The summed E-state index contributed by atoms with van der Waals surface area (Å²) in [5.41, 5.74) is 0. The smallest absolute Gasteiger partial charge is 0.305 e. The van der Waals surface area contributed by atoms with E-state index in [2.05, 4.69) is 19.1 Å². The molecule has 0 aromatic heterocycles. The van der Waals surface area contributed by atoms with E-state index in [0.717, 1.165) is 38.5 Å². The van der Waals surface area contributed by atoms with Crippen molar-refractivity contribution in [1.82, 2.24) is 0 Å². The minimum absolute atomic E-state index is 0.0784. The van der Waals surface area contributed by atoms with Gasteiger partial charge in [0, 0.05) is 6.42 Å². The summed E-state index contributed by atoms with van der Waals surface area (Å²) in [6.45, 7) is -1.12. The Morgan fingerprint density at radius 3 is 1.98 bits per heavy atom. The van der Waals surface area contributed by atoms with Gasteiger partial charge in [0.25, 0.3) is 0 Å². The van der Waals surface area contributed by atoms with Gasteiger partial charge in [-0.1, -0.05) is 70.4 Å². The first kappa shape index (κ1) is 41.9. The molecule has 0 bridgehead atoms. The Morgan fingerprint density at radius 1 is 0.787 bits per heavy atom. The van der Waals surface area contributed by atoms with E-state index in [1.165, 1.54) is 38.5 Å². The molecular formula is C33H60O14. The van der Waals surface area contributed by atoms with Crippen LogP contribution < -0.4 is 0 Å². The third-order valence-electron chi connectivity index (χ3n) is 8.58. The van der Waals surface area contributed by atoms with Crippen LogP contribution in [0.4, 0.5) is 0 Å². The van der Waals surface area contributed by atoms with Crippen molar-refractivity contribution in [2.45, 2.75) is 158 Å². The normalized spacial score (nSPS) is 31.9. The van der Waals surface area contributed by atoms with Gasteiger partial charge < -0.3 is 64.5 Å². The van der Waals surface area contributed by atoms with Crippen LogP contribution in [-0.4, -0.2) is 141 Å². The highest BCUT2D eigenvalue weighted by atomic mass is 16.8. The van der Waals surface area contributed by atoms with Crippen LogP contribution in [0.3, 0.4) is 0 Å². The molecule has 0 aromatic carbocycles. The van der Waals surface area contributed by atoms with Crippen molar-refractivity contribution in [2.24, 2.45) is 0 Å². The number of hydrogen-bond donors (Lipinski definition) is 8. The minimum Gasteiger partial charge on any atom is -0.460 e. The Labute approximate surface area is 278 Å². The molecule has 2 saturated heterocycles. The summed E-state index contributed by atoms with van der Waals surface area (Å²) >= 11 is 0. The molecule has 14 heteroatoms. The van der Waals surface area contributed by atoms with Gasteiger partial charge in [-0.05, 0) is 32.1 Å². The van der Waals surface area contributed by atoms with Crippen LogP contribution in [0, 0.1) is 0 Å². The Morgan fingerprint density at radius 2 is 1.38 bits per heavy atom. The van der Waals surface area contributed by atoms with Gasteiger partial charge in [0.15, 0.2) is 6.29 Å². The van der Waals surface area contributed by atoms with E-state index < -0.39 is 99.9 Å². The molecule has 2 fully saturated rings. The van der Waals surface area contributed by atoms with E-state index >= 15 is 0 Å². The van der Waals surface area contributed by atoms with Crippen molar-refractivity contribution in [3.8, 4) is 0 Å². The summed E-state index contributed by atoms with van der Waals surface area (Å²) in [7, 11) is 0. The van der Waals surface area contributed by atoms with Crippen LogP contribution >= 0.6 is 0 Å². The Bertz CT molecular complexity index is 859. The average molecular weight is 681 g/mol. The molecule has 0 amide bonds. The maximum atomic E-state index is 12.7. The highest BCUT2D eigenvalue weighted by Crippen LogP contribution is 2.38. The Kier molecular flexibility index (Phi) is 20.7. The predicted molar refractivity (Wildman–Crippen MR) is 169 cm³/mol. The van der Waals surface area contributed by atoms with Crippen LogP contribution in [0.5, 0.6) is 0 Å². The zero-order valence-corrected chi connectivity index (χ0v) is 27.8. The molecule has 2 rings (SSSR count). The standard InChI is InChI=1S/C33H60O14/c1-2-3-4-5-6-7-8-9-10-11-12-13-14-15-16-17-26(38)44-22-33(47-32-30(42)29(41)27(39)24(19-35)45-32)31(43-21-23(37)18-34)28(40)25(20-36)46-33/h9-10,23-25,27-32,34-37,39-42H,2-8,11-22H2,1H3/b10-9-/t23?,24-,25-,27-,28-,29+,30-,31+,32-,33+/m1/s1. The third-order valence-corrected chi connectivity index (χ3v) is 8.58. The molecule has 276 valence electrons. The van der Waals surface area contributed by atoms with Gasteiger partial charge in [-0.2, -0.15) is 0 Å². The molecule has 0 aliphatic carbocycles. The number of carbonyl (C=O) groups is 1. The minimum atomic E-state index is -2.23. The summed E-state index contributed by atoms with van der Waals surface area (Å²) in [4.78, 5) is 12.7. The largest absolute Gasteiger partial charge is 0.460 e. The number of hydrogen-bond acceptors (Lipinski definition) is 14. The van der Waals surface area contributed by atoms with E-state index in [4.69, 9.17) is 23.7 Å². The maximum Gasteiger partial charge on any atom is 0.305 e. The lowest BCUT2D eigenvalue weighted by molar-refractivity contribution is -0.386. The zero-order valence-electron chi connectivity index (χ0n) is 27.8. The first-order valence-corrected chi connectivity index (χ1v) is 17.3. The SMILES string of the molecule is CCCCCCCC/C=C\CCCCCCCC(=O)OC[C@@]1(O[C@H]2O[C@H](CO)[C@@H](O)[C@H](O)[C@H]2O)O[C@H](CO)[C@@H](O)[C@@H]1OCC(O)CO. The number of esters is 1. The van der Waals surface area contributed by atoms with Gasteiger partial charge in [0.1, 0.15) is 55.4 Å². The lowest BCUT2D eigenvalue weighted by atomic mass is 9.99. The molecule has 10 atom stereocenters. The lowest BCUT2D eigenvalue weighted by Gasteiger charge is -2.44. The summed E-state index contributed by atoms with van der Waals surface area (Å²) in [6.07, 6.45) is 4.73. The van der Waals surface area contributed by atoms with Gasteiger partial charge in [0.2, 0.25) is 5.79 Å². The number of ether oxygens (including phenoxy) is 5. The van der Waals surface area contributed by atoms with Crippen LogP contribution in [0.15, 0.2) is 12.2 Å². The molecule has 14 nitrogen and oxygen atoms in total. The zero-order chi connectivity index (χ0) is 34.7. The molecule has 2 aliphatic heterocycles. The van der Waals surface area contributed by atoms with Crippen LogP contribution in [0.2, 0.25) is 0 Å². The van der Waals surface area contributed by atoms with Gasteiger partial charge in [-0.15, -0.1) is 0 Å². The summed E-state index contributed by atoms with van der Waals surface area (Å²) in [5.74, 6) is -2.84. The number of rotatable bonds is 25.